The van der Waals surface area contributed by atoms with E-state index in [9.17, 15) is 9.18 Å². The summed E-state index contributed by atoms with van der Waals surface area (Å²) in [4.78, 5) is 17.7. The molecule has 0 aliphatic carbocycles. The second-order valence-corrected chi connectivity index (χ2v) is 6.64. The van der Waals surface area contributed by atoms with Gasteiger partial charge in [0.2, 0.25) is 11.0 Å². The number of rotatable bonds is 5. The highest BCUT2D eigenvalue weighted by Crippen LogP contribution is 2.27. The second-order valence-electron chi connectivity index (χ2n) is 4.78. The number of hydrogen-bond donors (Lipinski definition) is 0. The molecule has 1 aliphatic rings. The van der Waals surface area contributed by atoms with Crippen LogP contribution in [-0.4, -0.2) is 54.1 Å². The number of halogens is 1. The number of aromatic nitrogens is 2. The first kappa shape index (κ1) is 16.1. The van der Waals surface area contributed by atoms with Crippen LogP contribution in [0.4, 0.5) is 9.52 Å². The summed E-state index contributed by atoms with van der Waals surface area (Å²) in [5.41, 5.74) is 0.621. The Morgan fingerprint density at radius 2 is 2.38 bits per heavy atom. The predicted molar refractivity (Wildman–Crippen MR) is 87.1 cm³/mol. The maximum Gasteiger partial charge on any atom is 0.232 e. The number of allylic oxidation sites excluding steroid dienone is 1. The summed E-state index contributed by atoms with van der Waals surface area (Å²) in [6, 6.07) is 0. The molecule has 1 aromatic heterocycles. The maximum absolute atomic E-state index is 13.3. The molecule has 0 bridgehead atoms. The minimum atomic E-state index is -1.08. The molecule has 0 aromatic carbocycles. The number of aliphatic imine (C=N–C) groups is 1. The summed E-state index contributed by atoms with van der Waals surface area (Å²) in [7, 11) is 1.69. The van der Waals surface area contributed by atoms with E-state index in [0.717, 1.165) is 5.75 Å². The van der Waals surface area contributed by atoms with Crippen molar-refractivity contribution in [2.24, 2.45) is 10.9 Å². The number of carbonyl (C=O) groups excluding carboxylic acids is 1. The van der Waals surface area contributed by atoms with Crippen molar-refractivity contribution in [1.82, 2.24) is 10.2 Å². The van der Waals surface area contributed by atoms with Gasteiger partial charge in [-0.15, -0.1) is 10.2 Å². The molecule has 2 heterocycles. The van der Waals surface area contributed by atoms with Crippen LogP contribution in [-0.2, 0) is 4.79 Å². The van der Waals surface area contributed by atoms with E-state index in [2.05, 4.69) is 15.2 Å². The van der Waals surface area contributed by atoms with Gasteiger partial charge in [-0.3, -0.25) is 14.7 Å². The van der Waals surface area contributed by atoms with E-state index in [1.54, 1.807) is 25.0 Å². The highest BCUT2D eigenvalue weighted by molar-refractivity contribution is 7.98. The fourth-order valence-electron chi connectivity index (χ4n) is 1.88. The Bertz CT molecular complexity index is 572. The Kier molecular flexibility index (Phi) is 5.46. The third-order valence-corrected chi connectivity index (χ3v) is 4.87. The van der Waals surface area contributed by atoms with Gasteiger partial charge in [-0.1, -0.05) is 18.3 Å². The standard InChI is InChI=1S/C13H17FN4OS2/c1-8(7-20-3)12(19)18(2)13-17-16-11(21-13)9-4-10(14)6-15-5-9/h4-5,8,10H,6-7H2,1-3H3. The van der Waals surface area contributed by atoms with E-state index in [4.69, 9.17) is 0 Å². The Morgan fingerprint density at radius 1 is 1.62 bits per heavy atom. The number of amides is 1. The number of nitrogens with zero attached hydrogens (tertiary/aromatic N) is 4. The summed E-state index contributed by atoms with van der Waals surface area (Å²) >= 11 is 2.89. The SMILES string of the molecule is CSCC(C)C(=O)N(C)c1nnc(C2=CC(F)CN=C2)s1. The van der Waals surface area contributed by atoms with Crippen molar-refractivity contribution in [2.45, 2.75) is 13.1 Å². The van der Waals surface area contributed by atoms with Gasteiger partial charge in [0.05, 0.1) is 6.54 Å². The molecule has 1 aromatic rings. The normalized spacial score (nSPS) is 19.2. The van der Waals surface area contributed by atoms with Gasteiger partial charge in [-0.25, -0.2) is 4.39 Å². The van der Waals surface area contributed by atoms with Crippen molar-refractivity contribution in [3.05, 3.63) is 11.1 Å². The van der Waals surface area contributed by atoms with Crippen LogP contribution < -0.4 is 4.90 Å². The Labute approximate surface area is 131 Å². The van der Waals surface area contributed by atoms with Gasteiger partial charge in [-0.2, -0.15) is 11.8 Å². The summed E-state index contributed by atoms with van der Waals surface area (Å²) in [5, 5.41) is 9.14. The zero-order valence-electron chi connectivity index (χ0n) is 12.1. The quantitative estimate of drug-likeness (QED) is 0.832. The summed E-state index contributed by atoms with van der Waals surface area (Å²) < 4.78 is 13.3. The van der Waals surface area contributed by atoms with Crippen LogP contribution in [0.5, 0.6) is 0 Å². The smallest absolute Gasteiger partial charge is 0.232 e. The van der Waals surface area contributed by atoms with Crippen molar-refractivity contribution >= 4 is 45.9 Å². The number of dihydropyridines is 1. The topological polar surface area (TPSA) is 58.5 Å². The highest BCUT2D eigenvalue weighted by Gasteiger charge is 2.22. The zero-order chi connectivity index (χ0) is 15.4. The minimum absolute atomic E-state index is 0.00158. The third kappa shape index (κ3) is 3.88. The maximum atomic E-state index is 13.3. The van der Waals surface area contributed by atoms with Crippen LogP contribution in [0.3, 0.4) is 0 Å². The van der Waals surface area contributed by atoms with Gasteiger partial charge in [-0.05, 0) is 12.3 Å². The molecule has 1 amide bonds. The molecule has 2 unspecified atom stereocenters. The summed E-state index contributed by atoms with van der Waals surface area (Å²) in [6.07, 6.45) is 3.96. The second kappa shape index (κ2) is 7.13. The molecule has 0 saturated carbocycles. The molecule has 0 saturated heterocycles. The van der Waals surface area contributed by atoms with Crippen molar-refractivity contribution in [3.63, 3.8) is 0 Å². The Balaban J connectivity index is 2.12. The monoisotopic (exact) mass is 328 g/mol. The fourth-order valence-corrected chi connectivity index (χ4v) is 3.33. The third-order valence-electron chi connectivity index (χ3n) is 2.99. The summed E-state index contributed by atoms with van der Waals surface area (Å²) in [5.74, 6) is 0.681. The summed E-state index contributed by atoms with van der Waals surface area (Å²) in [6.45, 7) is 2.04. The molecule has 5 nitrogen and oxygen atoms in total. The predicted octanol–water partition coefficient (Wildman–Crippen LogP) is 2.31. The lowest BCUT2D eigenvalue weighted by Gasteiger charge is -2.17. The van der Waals surface area contributed by atoms with Gasteiger partial charge in [0.1, 0.15) is 6.17 Å². The Hall–Kier alpha value is -1.28. The highest BCUT2D eigenvalue weighted by atomic mass is 32.2. The van der Waals surface area contributed by atoms with Crippen molar-refractivity contribution < 1.29 is 9.18 Å². The van der Waals surface area contributed by atoms with Gasteiger partial charge in [0, 0.05) is 30.5 Å². The number of hydrogen-bond acceptors (Lipinski definition) is 6. The number of alkyl halides is 1. The average molecular weight is 328 g/mol. The van der Waals surface area contributed by atoms with Crippen LogP contribution in [0, 0.1) is 5.92 Å². The van der Waals surface area contributed by atoms with Gasteiger partial charge in [0.15, 0.2) is 5.01 Å². The molecule has 0 spiro atoms. The van der Waals surface area contributed by atoms with Crippen LogP contribution >= 0.6 is 23.1 Å². The van der Waals surface area contributed by atoms with E-state index in [1.165, 1.54) is 22.3 Å². The molecular formula is C13H17FN4OS2. The lowest BCUT2D eigenvalue weighted by molar-refractivity contribution is -0.120. The van der Waals surface area contributed by atoms with E-state index in [0.29, 0.717) is 15.7 Å². The van der Waals surface area contributed by atoms with E-state index < -0.39 is 6.17 Å². The van der Waals surface area contributed by atoms with E-state index in [-0.39, 0.29) is 18.4 Å². The van der Waals surface area contributed by atoms with Crippen LogP contribution in [0.25, 0.3) is 5.57 Å². The fraction of sp³-hybridized carbons (Fsp3) is 0.538. The Morgan fingerprint density at radius 3 is 3.05 bits per heavy atom. The largest absolute Gasteiger partial charge is 0.290 e. The number of thioether (sulfide) groups is 1. The van der Waals surface area contributed by atoms with Crippen LogP contribution in [0.1, 0.15) is 11.9 Å². The molecule has 21 heavy (non-hydrogen) atoms. The van der Waals surface area contributed by atoms with Crippen molar-refractivity contribution in [1.29, 1.82) is 0 Å². The van der Waals surface area contributed by atoms with Crippen molar-refractivity contribution in [3.8, 4) is 0 Å². The molecule has 1 aliphatic heterocycles. The first-order chi connectivity index (χ1) is 10.0. The molecule has 0 radical (unpaired) electrons. The first-order valence-corrected chi connectivity index (χ1v) is 8.70. The molecule has 114 valence electrons. The number of anilines is 1. The molecule has 8 heteroatoms. The van der Waals surface area contributed by atoms with Crippen molar-refractivity contribution in [2.75, 3.05) is 30.5 Å². The van der Waals surface area contributed by atoms with Gasteiger partial charge >= 0.3 is 0 Å². The average Bonchev–Trinajstić information content (AvgIpc) is 2.95. The molecule has 2 rings (SSSR count). The van der Waals surface area contributed by atoms with E-state index >= 15 is 0 Å². The first-order valence-electron chi connectivity index (χ1n) is 6.49. The van der Waals surface area contributed by atoms with Crippen LogP contribution in [0.2, 0.25) is 0 Å². The molecule has 0 fully saturated rings. The zero-order valence-corrected chi connectivity index (χ0v) is 13.7. The lowest BCUT2D eigenvalue weighted by Crippen LogP contribution is -2.32. The number of carbonyl (C=O) groups is 1. The molecule has 2 atom stereocenters. The van der Waals surface area contributed by atoms with Gasteiger partial charge < -0.3 is 0 Å². The van der Waals surface area contributed by atoms with Crippen LogP contribution in [0.15, 0.2) is 11.1 Å². The van der Waals surface area contributed by atoms with Gasteiger partial charge in [0.25, 0.3) is 0 Å². The van der Waals surface area contributed by atoms with E-state index in [1.807, 2.05) is 13.2 Å². The molecular weight excluding hydrogens is 311 g/mol. The molecule has 0 N–H and O–H groups in total. The minimum Gasteiger partial charge on any atom is -0.290 e. The lowest BCUT2D eigenvalue weighted by atomic mass is 10.2.